The van der Waals surface area contributed by atoms with E-state index in [2.05, 4.69) is 5.16 Å². The standard InChI is InChI=1S/C9H19N3O2S/c1-7(6-8(10)11-14)12(2)9(13)4-5-15-3/h7,14H,4-6H2,1-3H3,(H2,10,11). The van der Waals surface area contributed by atoms with Gasteiger partial charge in [-0.05, 0) is 13.2 Å². The summed E-state index contributed by atoms with van der Waals surface area (Å²) in [5.41, 5.74) is 5.37. The molecule has 0 saturated carbocycles. The molecule has 0 spiro atoms. The van der Waals surface area contributed by atoms with Crippen LogP contribution in [-0.4, -0.2) is 46.9 Å². The number of amidine groups is 1. The van der Waals surface area contributed by atoms with Gasteiger partial charge in [0.25, 0.3) is 0 Å². The Morgan fingerprint density at radius 3 is 2.73 bits per heavy atom. The minimum atomic E-state index is -0.0461. The van der Waals surface area contributed by atoms with Crippen molar-refractivity contribution in [3.05, 3.63) is 0 Å². The number of amides is 1. The molecule has 0 aliphatic carbocycles. The molecule has 0 aromatic rings. The van der Waals surface area contributed by atoms with Gasteiger partial charge in [-0.1, -0.05) is 5.16 Å². The fourth-order valence-electron chi connectivity index (χ4n) is 1.09. The van der Waals surface area contributed by atoms with Gasteiger partial charge in [0.2, 0.25) is 5.91 Å². The molecule has 1 amide bonds. The Kier molecular flexibility index (Phi) is 6.94. The van der Waals surface area contributed by atoms with Crippen molar-refractivity contribution in [2.75, 3.05) is 19.1 Å². The summed E-state index contributed by atoms with van der Waals surface area (Å²) in [7, 11) is 1.73. The molecule has 0 fully saturated rings. The van der Waals surface area contributed by atoms with E-state index in [1.807, 2.05) is 13.2 Å². The molecule has 6 heteroatoms. The number of hydrogen-bond acceptors (Lipinski definition) is 4. The van der Waals surface area contributed by atoms with E-state index in [4.69, 9.17) is 10.9 Å². The molecule has 0 aliphatic heterocycles. The van der Waals surface area contributed by atoms with E-state index in [0.29, 0.717) is 12.8 Å². The van der Waals surface area contributed by atoms with E-state index in [1.165, 1.54) is 0 Å². The van der Waals surface area contributed by atoms with E-state index in [1.54, 1.807) is 23.7 Å². The third-order valence-corrected chi connectivity index (χ3v) is 2.82. The maximum Gasteiger partial charge on any atom is 0.223 e. The lowest BCUT2D eigenvalue weighted by Crippen LogP contribution is -2.37. The average Bonchev–Trinajstić information content (AvgIpc) is 2.24. The van der Waals surface area contributed by atoms with Crippen LogP contribution in [0.4, 0.5) is 0 Å². The predicted molar refractivity (Wildman–Crippen MR) is 63.3 cm³/mol. The first-order valence-electron chi connectivity index (χ1n) is 4.74. The SMILES string of the molecule is CSCCC(=O)N(C)C(C)CC(N)=NO. The molecule has 0 aliphatic rings. The second-order valence-corrected chi connectivity index (χ2v) is 4.38. The van der Waals surface area contributed by atoms with Crippen LogP contribution in [0.1, 0.15) is 19.8 Å². The summed E-state index contributed by atoms with van der Waals surface area (Å²) in [5.74, 6) is 1.05. The molecule has 3 N–H and O–H groups in total. The second kappa shape index (κ2) is 7.39. The Morgan fingerprint density at radius 2 is 2.27 bits per heavy atom. The molecule has 0 bridgehead atoms. The van der Waals surface area contributed by atoms with Crippen LogP contribution in [0.5, 0.6) is 0 Å². The van der Waals surface area contributed by atoms with Crippen molar-refractivity contribution < 1.29 is 10.0 Å². The fraction of sp³-hybridized carbons (Fsp3) is 0.778. The van der Waals surface area contributed by atoms with E-state index in [-0.39, 0.29) is 17.8 Å². The lowest BCUT2D eigenvalue weighted by atomic mass is 10.2. The minimum Gasteiger partial charge on any atom is -0.409 e. The summed E-state index contributed by atoms with van der Waals surface area (Å²) in [6, 6.07) is -0.0461. The lowest BCUT2D eigenvalue weighted by Gasteiger charge is -2.24. The largest absolute Gasteiger partial charge is 0.409 e. The van der Waals surface area contributed by atoms with Crippen molar-refractivity contribution in [3.8, 4) is 0 Å². The van der Waals surface area contributed by atoms with Crippen molar-refractivity contribution in [2.24, 2.45) is 10.9 Å². The summed E-state index contributed by atoms with van der Waals surface area (Å²) in [6.45, 7) is 1.87. The summed E-state index contributed by atoms with van der Waals surface area (Å²) < 4.78 is 0. The topological polar surface area (TPSA) is 78.9 Å². The minimum absolute atomic E-state index is 0.0461. The molecule has 88 valence electrons. The normalized spacial score (nSPS) is 13.7. The molecule has 1 atom stereocenters. The number of carbonyl (C=O) groups is 1. The molecule has 0 radical (unpaired) electrons. The van der Waals surface area contributed by atoms with Crippen molar-refractivity contribution in [3.63, 3.8) is 0 Å². The highest BCUT2D eigenvalue weighted by Gasteiger charge is 2.16. The van der Waals surface area contributed by atoms with Gasteiger partial charge in [-0.25, -0.2) is 0 Å². The van der Waals surface area contributed by atoms with E-state index >= 15 is 0 Å². The molecule has 0 saturated heterocycles. The zero-order valence-electron chi connectivity index (χ0n) is 9.43. The van der Waals surface area contributed by atoms with Gasteiger partial charge in [0.15, 0.2) is 0 Å². The van der Waals surface area contributed by atoms with Gasteiger partial charge in [0.05, 0.1) is 0 Å². The third kappa shape index (κ3) is 5.51. The smallest absolute Gasteiger partial charge is 0.223 e. The molecule has 15 heavy (non-hydrogen) atoms. The van der Waals surface area contributed by atoms with Crippen molar-refractivity contribution in [1.29, 1.82) is 0 Å². The van der Waals surface area contributed by atoms with Crippen LogP contribution in [0.25, 0.3) is 0 Å². The average molecular weight is 233 g/mol. The van der Waals surface area contributed by atoms with Gasteiger partial charge < -0.3 is 15.8 Å². The highest BCUT2D eigenvalue weighted by molar-refractivity contribution is 7.98. The maximum atomic E-state index is 11.6. The van der Waals surface area contributed by atoms with Gasteiger partial charge >= 0.3 is 0 Å². The van der Waals surface area contributed by atoms with Crippen molar-refractivity contribution >= 4 is 23.5 Å². The van der Waals surface area contributed by atoms with Crippen LogP contribution in [0.2, 0.25) is 0 Å². The van der Waals surface area contributed by atoms with Gasteiger partial charge in [-0.3, -0.25) is 4.79 Å². The Labute approximate surface area is 94.7 Å². The Bertz CT molecular complexity index is 233. The first kappa shape index (κ1) is 14.1. The van der Waals surface area contributed by atoms with Crippen LogP contribution < -0.4 is 5.73 Å². The molecule has 5 nitrogen and oxygen atoms in total. The number of nitrogens with zero attached hydrogens (tertiary/aromatic N) is 2. The monoisotopic (exact) mass is 233 g/mol. The summed E-state index contributed by atoms with van der Waals surface area (Å²) in [6.07, 6.45) is 2.88. The van der Waals surface area contributed by atoms with Crippen LogP contribution >= 0.6 is 11.8 Å². The molecular weight excluding hydrogens is 214 g/mol. The molecule has 0 rings (SSSR count). The fourth-order valence-corrected chi connectivity index (χ4v) is 1.47. The molecular formula is C9H19N3O2S. The van der Waals surface area contributed by atoms with Crippen LogP contribution in [0, 0.1) is 0 Å². The highest BCUT2D eigenvalue weighted by atomic mass is 32.2. The quantitative estimate of drug-likeness (QED) is 0.307. The Hall–Kier alpha value is -0.910. The van der Waals surface area contributed by atoms with Gasteiger partial charge in [0.1, 0.15) is 5.84 Å². The zero-order valence-corrected chi connectivity index (χ0v) is 10.3. The van der Waals surface area contributed by atoms with Gasteiger partial charge in [0, 0.05) is 31.7 Å². The molecule has 0 aromatic heterocycles. The summed E-state index contributed by atoms with van der Waals surface area (Å²) in [4.78, 5) is 13.2. The predicted octanol–water partition coefficient (Wildman–Crippen LogP) is 0.723. The van der Waals surface area contributed by atoms with E-state index < -0.39 is 0 Å². The number of oxime groups is 1. The summed E-state index contributed by atoms with van der Waals surface area (Å²) >= 11 is 1.64. The van der Waals surface area contributed by atoms with Gasteiger partial charge in [-0.2, -0.15) is 11.8 Å². The number of carbonyl (C=O) groups excluding carboxylic acids is 1. The number of hydrogen-bond donors (Lipinski definition) is 2. The maximum absolute atomic E-state index is 11.6. The second-order valence-electron chi connectivity index (χ2n) is 3.39. The number of rotatable bonds is 6. The molecule has 0 aromatic carbocycles. The first-order valence-corrected chi connectivity index (χ1v) is 6.13. The van der Waals surface area contributed by atoms with Crippen molar-refractivity contribution in [1.82, 2.24) is 4.90 Å². The Balaban J connectivity index is 4.07. The van der Waals surface area contributed by atoms with E-state index in [9.17, 15) is 4.79 Å². The van der Waals surface area contributed by atoms with Crippen molar-refractivity contribution in [2.45, 2.75) is 25.8 Å². The summed E-state index contributed by atoms with van der Waals surface area (Å²) in [5, 5.41) is 11.3. The third-order valence-electron chi connectivity index (χ3n) is 2.21. The number of nitrogens with two attached hydrogens (primary N) is 1. The van der Waals surface area contributed by atoms with Crippen LogP contribution in [0.15, 0.2) is 5.16 Å². The zero-order chi connectivity index (χ0) is 11.8. The van der Waals surface area contributed by atoms with E-state index in [0.717, 1.165) is 5.75 Å². The first-order chi connectivity index (χ1) is 7.02. The lowest BCUT2D eigenvalue weighted by molar-refractivity contribution is -0.131. The Morgan fingerprint density at radius 1 is 1.67 bits per heavy atom. The van der Waals surface area contributed by atoms with Crippen LogP contribution in [0.3, 0.4) is 0 Å². The molecule has 0 heterocycles. The van der Waals surface area contributed by atoms with Gasteiger partial charge in [-0.15, -0.1) is 0 Å². The molecule has 1 unspecified atom stereocenters. The highest BCUT2D eigenvalue weighted by Crippen LogP contribution is 2.05. The van der Waals surface area contributed by atoms with Crippen LogP contribution in [-0.2, 0) is 4.79 Å². The number of thioether (sulfide) groups is 1.